The van der Waals surface area contributed by atoms with Gasteiger partial charge in [-0.05, 0) is 19.4 Å². The molecule has 0 amide bonds. The standard InChI is InChI=1S/C13H21N3O2/c1-2-14-11-8-17-7-10(11)13-15-12(16-18-13)9-5-3-4-6-9/h9-11,14H,2-8H2,1H3. The molecule has 1 N–H and O–H groups in total. The first-order valence-corrected chi connectivity index (χ1v) is 7.03. The molecule has 2 fully saturated rings. The molecule has 2 unspecified atom stereocenters. The number of rotatable bonds is 4. The van der Waals surface area contributed by atoms with Crippen molar-refractivity contribution in [3.63, 3.8) is 0 Å². The van der Waals surface area contributed by atoms with Crippen LogP contribution in [0.2, 0.25) is 0 Å². The molecular formula is C13H21N3O2. The molecule has 0 spiro atoms. The SMILES string of the molecule is CCNC1COCC1c1nc(C2CCCC2)no1. The lowest BCUT2D eigenvalue weighted by Crippen LogP contribution is -2.34. The molecule has 0 aromatic carbocycles. The Bertz CT molecular complexity index is 387. The highest BCUT2D eigenvalue weighted by Gasteiger charge is 2.34. The van der Waals surface area contributed by atoms with Crippen LogP contribution >= 0.6 is 0 Å². The fourth-order valence-corrected chi connectivity index (χ4v) is 3.01. The summed E-state index contributed by atoms with van der Waals surface area (Å²) in [6.07, 6.45) is 5.00. The Balaban J connectivity index is 1.71. The van der Waals surface area contributed by atoms with E-state index in [1.165, 1.54) is 25.7 Å². The van der Waals surface area contributed by atoms with E-state index >= 15 is 0 Å². The molecule has 3 rings (SSSR count). The van der Waals surface area contributed by atoms with E-state index in [0.29, 0.717) is 18.6 Å². The minimum atomic E-state index is 0.215. The number of aromatic nitrogens is 2. The number of hydrogen-bond acceptors (Lipinski definition) is 5. The Labute approximate surface area is 107 Å². The number of hydrogen-bond donors (Lipinski definition) is 1. The molecule has 1 aliphatic carbocycles. The maximum atomic E-state index is 5.52. The lowest BCUT2D eigenvalue weighted by molar-refractivity contribution is 0.185. The summed E-state index contributed by atoms with van der Waals surface area (Å²) in [4.78, 5) is 4.61. The second-order valence-electron chi connectivity index (χ2n) is 5.28. The lowest BCUT2D eigenvalue weighted by atomic mass is 10.0. The molecule has 0 bridgehead atoms. The quantitative estimate of drug-likeness (QED) is 0.884. The summed E-state index contributed by atoms with van der Waals surface area (Å²) in [5.74, 6) is 2.39. The molecule has 1 saturated heterocycles. The molecule has 2 heterocycles. The van der Waals surface area contributed by atoms with Crippen molar-refractivity contribution in [2.24, 2.45) is 0 Å². The zero-order chi connectivity index (χ0) is 12.4. The molecule has 18 heavy (non-hydrogen) atoms. The van der Waals surface area contributed by atoms with Crippen LogP contribution in [0.3, 0.4) is 0 Å². The van der Waals surface area contributed by atoms with Crippen molar-refractivity contribution in [2.45, 2.75) is 50.5 Å². The smallest absolute Gasteiger partial charge is 0.233 e. The number of ether oxygens (including phenoxy) is 1. The number of nitrogens with zero attached hydrogens (tertiary/aromatic N) is 2. The monoisotopic (exact) mass is 251 g/mol. The molecule has 1 aromatic rings. The van der Waals surface area contributed by atoms with E-state index in [4.69, 9.17) is 9.26 Å². The topological polar surface area (TPSA) is 60.2 Å². The Kier molecular flexibility index (Phi) is 3.61. The van der Waals surface area contributed by atoms with E-state index in [-0.39, 0.29) is 5.92 Å². The molecule has 5 heteroatoms. The first-order valence-electron chi connectivity index (χ1n) is 7.03. The molecule has 2 atom stereocenters. The molecule has 1 aliphatic heterocycles. The van der Waals surface area contributed by atoms with Gasteiger partial charge in [0.25, 0.3) is 0 Å². The normalized spacial score (nSPS) is 29.2. The molecule has 0 radical (unpaired) electrons. The van der Waals surface area contributed by atoms with Crippen LogP contribution in [0, 0.1) is 0 Å². The zero-order valence-electron chi connectivity index (χ0n) is 10.9. The Morgan fingerprint density at radius 1 is 1.28 bits per heavy atom. The molecule has 100 valence electrons. The average Bonchev–Trinajstić information content (AvgIpc) is 3.10. The molecule has 1 aromatic heterocycles. The van der Waals surface area contributed by atoms with E-state index < -0.39 is 0 Å². The third-order valence-electron chi connectivity index (χ3n) is 4.04. The maximum Gasteiger partial charge on any atom is 0.233 e. The fraction of sp³-hybridized carbons (Fsp3) is 0.846. The van der Waals surface area contributed by atoms with Crippen molar-refractivity contribution in [1.82, 2.24) is 15.5 Å². The predicted molar refractivity (Wildman–Crippen MR) is 66.5 cm³/mol. The van der Waals surface area contributed by atoms with Crippen molar-refractivity contribution < 1.29 is 9.26 Å². The van der Waals surface area contributed by atoms with Gasteiger partial charge in [-0.25, -0.2) is 0 Å². The van der Waals surface area contributed by atoms with Crippen LogP contribution in [0.25, 0.3) is 0 Å². The van der Waals surface area contributed by atoms with Gasteiger partial charge in [-0.3, -0.25) is 0 Å². The second kappa shape index (κ2) is 5.36. The first kappa shape index (κ1) is 12.1. The van der Waals surface area contributed by atoms with Crippen LogP contribution in [0.5, 0.6) is 0 Å². The van der Waals surface area contributed by atoms with Crippen molar-refractivity contribution >= 4 is 0 Å². The summed E-state index contributed by atoms with van der Waals surface area (Å²) in [6, 6.07) is 0.312. The van der Waals surface area contributed by atoms with Crippen LogP contribution in [-0.4, -0.2) is 35.9 Å². The van der Waals surface area contributed by atoms with Gasteiger partial charge < -0.3 is 14.6 Å². The van der Waals surface area contributed by atoms with Crippen LogP contribution in [0.1, 0.15) is 56.2 Å². The van der Waals surface area contributed by atoms with Gasteiger partial charge in [-0.15, -0.1) is 0 Å². The highest BCUT2D eigenvalue weighted by atomic mass is 16.5. The second-order valence-corrected chi connectivity index (χ2v) is 5.28. The van der Waals surface area contributed by atoms with Crippen molar-refractivity contribution in [2.75, 3.05) is 19.8 Å². The molecule has 2 aliphatic rings. The lowest BCUT2D eigenvalue weighted by Gasteiger charge is -2.14. The van der Waals surface area contributed by atoms with Gasteiger partial charge in [-0.2, -0.15) is 4.98 Å². The average molecular weight is 251 g/mol. The third-order valence-corrected chi connectivity index (χ3v) is 4.04. The molecule has 5 nitrogen and oxygen atoms in total. The van der Waals surface area contributed by atoms with Gasteiger partial charge in [-0.1, -0.05) is 24.9 Å². The summed E-state index contributed by atoms with van der Waals surface area (Å²) >= 11 is 0. The minimum absolute atomic E-state index is 0.215. The highest BCUT2D eigenvalue weighted by molar-refractivity contribution is 5.05. The summed E-state index contributed by atoms with van der Waals surface area (Å²) in [5.41, 5.74) is 0. The summed E-state index contributed by atoms with van der Waals surface area (Å²) in [5, 5.41) is 7.59. The third kappa shape index (κ3) is 2.29. The largest absolute Gasteiger partial charge is 0.379 e. The highest BCUT2D eigenvalue weighted by Crippen LogP contribution is 2.33. The maximum absolute atomic E-state index is 5.52. The van der Waals surface area contributed by atoms with Crippen LogP contribution in [0.4, 0.5) is 0 Å². The van der Waals surface area contributed by atoms with E-state index in [1.54, 1.807) is 0 Å². The predicted octanol–water partition coefficient (Wildman–Crippen LogP) is 1.82. The Hall–Kier alpha value is -0.940. The van der Waals surface area contributed by atoms with Gasteiger partial charge in [0.05, 0.1) is 19.1 Å². The van der Waals surface area contributed by atoms with Crippen LogP contribution in [-0.2, 0) is 4.74 Å². The van der Waals surface area contributed by atoms with Gasteiger partial charge in [0.2, 0.25) is 5.89 Å². The summed E-state index contributed by atoms with van der Waals surface area (Å²) < 4.78 is 11.0. The van der Waals surface area contributed by atoms with Gasteiger partial charge >= 0.3 is 0 Å². The number of likely N-dealkylation sites (N-methyl/N-ethyl adjacent to an activating group) is 1. The molecule has 1 saturated carbocycles. The Morgan fingerprint density at radius 3 is 2.89 bits per heavy atom. The summed E-state index contributed by atoms with van der Waals surface area (Å²) in [7, 11) is 0. The van der Waals surface area contributed by atoms with E-state index in [1.807, 2.05) is 0 Å². The number of nitrogens with one attached hydrogen (secondary N) is 1. The van der Waals surface area contributed by atoms with Crippen molar-refractivity contribution in [3.05, 3.63) is 11.7 Å². The first-order chi connectivity index (χ1) is 8.88. The Morgan fingerprint density at radius 2 is 2.11 bits per heavy atom. The van der Waals surface area contributed by atoms with Crippen LogP contribution in [0.15, 0.2) is 4.52 Å². The van der Waals surface area contributed by atoms with E-state index in [9.17, 15) is 0 Å². The fourth-order valence-electron chi connectivity index (χ4n) is 3.01. The van der Waals surface area contributed by atoms with Gasteiger partial charge in [0, 0.05) is 12.0 Å². The van der Waals surface area contributed by atoms with Crippen LogP contribution < -0.4 is 5.32 Å². The van der Waals surface area contributed by atoms with Gasteiger partial charge in [0.15, 0.2) is 5.82 Å². The van der Waals surface area contributed by atoms with Crippen molar-refractivity contribution in [1.29, 1.82) is 0 Å². The van der Waals surface area contributed by atoms with Crippen molar-refractivity contribution in [3.8, 4) is 0 Å². The molecular weight excluding hydrogens is 230 g/mol. The summed E-state index contributed by atoms with van der Waals surface area (Å²) in [6.45, 7) is 4.46. The van der Waals surface area contributed by atoms with E-state index in [2.05, 4.69) is 22.4 Å². The van der Waals surface area contributed by atoms with Gasteiger partial charge in [0.1, 0.15) is 0 Å². The zero-order valence-corrected chi connectivity index (χ0v) is 10.9. The van der Waals surface area contributed by atoms with E-state index in [0.717, 1.165) is 24.9 Å². The minimum Gasteiger partial charge on any atom is -0.379 e.